The SMILES string of the molecule is CN(CCNC(=O)NCC1(O)CCCC1)C1CCCC1. The van der Waals surface area contributed by atoms with Crippen molar-refractivity contribution >= 4 is 6.03 Å². The molecule has 0 aromatic rings. The molecule has 0 radical (unpaired) electrons. The zero-order chi connectivity index (χ0) is 14.4. The summed E-state index contributed by atoms with van der Waals surface area (Å²) in [6, 6.07) is 0.532. The molecule has 20 heavy (non-hydrogen) atoms. The maximum absolute atomic E-state index is 11.7. The largest absolute Gasteiger partial charge is 0.388 e. The molecule has 0 aromatic heterocycles. The number of amides is 2. The highest BCUT2D eigenvalue weighted by Crippen LogP contribution is 2.28. The third kappa shape index (κ3) is 4.63. The Balaban J connectivity index is 1.55. The van der Waals surface area contributed by atoms with Gasteiger partial charge in [0.15, 0.2) is 0 Å². The highest BCUT2D eigenvalue weighted by Gasteiger charge is 2.31. The van der Waals surface area contributed by atoms with Crippen LogP contribution in [-0.2, 0) is 0 Å². The lowest BCUT2D eigenvalue weighted by atomic mass is 10.0. The Morgan fingerprint density at radius 3 is 2.50 bits per heavy atom. The topological polar surface area (TPSA) is 64.6 Å². The summed E-state index contributed by atoms with van der Waals surface area (Å²) in [6.07, 6.45) is 8.97. The molecule has 5 nitrogen and oxygen atoms in total. The van der Waals surface area contributed by atoms with Gasteiger partial charge in [-0.15, -0.1) is 0 Å². The molecule has 0 saturated heterocycles. The van der Waals surface area contributed by atoms with Gasteiger partial charge in [-0.2, -0.15) is 0 Å². The standard InChI is InChI=1S/C15H29N3O2/c1-18(13-6-2-3-7-13)11-10-16-14(19)17-12-15(20)8-4-5-9-15/h13,20H,2-12H2,1H3,(H2,16,17,19). The number of carbonyl (C=O) groups excluding carboxylic acids is 1. The van der Waals surface area contributed by atoms with Crippen LogP contribution >= 0.6 is 0 Å². The van der Waals surface area contributed by atoms with Gasteiger partial charge in [0.2, 0.25) is 0 Å². The molecule has 5 heteroatoms. The minimum atomic E-state index is -0.669. The van der Waals surface area contributed by atoms with Crippen LogP contribution in [0.5, 0.6) is 0 Å². The number of carbonyl (C=O) groups is 1. The minimum Gasteiger partial charge on any atom is -0.388 e. The van der Waals surface area contributed by atoms with Gasteiger partial charge in [-0.1, -0.05) is 25.7 Å². The third-order valence-electron chi connectivity index (χ3n) is 4.81. The number of urea groups is 1. The van der Waals surface area contributed by atoms with Gasteiger partial charge in [-0.25, -0.2) is 4.79 Å². The molecule has 2 fully saturated rings. The Hall–Kier alpha value is -0.810. The van der Waals surface area contributed by atoms with Crippen molar-refractivity contribution in [2.24, 2.45) is 0 Å². The number of hydrogen-bond acceptors (Lipinski definition) is 3. The minimum absolute atomic E-state index is 0.162. The van der Waals surface area contributed by atoms with Crippen LogP contribution in [0.2, 0.25) is 0 Å². The molecule has 2 saturated carbocycles. The van der Waals surface area contributed by atoms with Crippen LogP contribution in [-0.4, -0.2) is 54.4 Å². The lowest BCUT2D eigenvalue weighted by Crippen LogP contribution is -2.46. The summed E-state index contributed by atoms with van der Waals surface area (Å²) < 4.78 is 0. The van der Waals surface area contributed by atoms with Crippen molar-refractivity contribution in [1.82, 2.24) is 15.5 Å². The van der Waals surface area contributed by atoms with Crippen LogP contribution < -0.4 is 10.6 Å². The second-order valence-corrected chi connectivity index (χ2v) is 6.46. The maximum atomic E-state index is 11.7. The van der Waals surface area contributed by atoms with E-state index in [1.54, 1.807) is 0 Å². The van der Waals surface area contributed by atoms with Crippen LogP contribution in [0, 0.1) is 0 Å². The van der Waals surface area contributed by atoms with Gasteiger partial charge in [-0.3, -0.25) is 0 Å². The number of aliphatic hydroxyl groups is 1. The Labute approximate surface area is 122 Å². The van der Waals surface area contributed by atoms with E-state index in [0.717, 1.165) is 32.2 Å². The molecule has 3 N–H and O–H groups in total. The van der Waals surface area contributed by atoms with Crippen molar-refractivity contribution in [3.8, 4) is 0 Å². The van der Waals surface area contributed by atoms with E-state index in [1.165, 1.54) is 25.7 Å². The highest BCUT2D eigenvalue weighted by molar-refractivity contribution is 5.73. The van der Waals surface area contributed by atoms with E-state index in [0.29, 0.717) is 19.1 Å². The molecule has 0 aromatic carbocycles. The highest BCUT2D eigenvalue weighted by atomic mass is 16.3. The average molecular weight is 283 g/mol. The first kappa shape index (κ1) is 15.6. The fourth-order valence-corrected chi connectivity index (χ4v) is 3.39. The van der Waals surface area contributed by atoms with Gasteiger partial charge in [0.1, 0.15) is 0 Å². The molecule has 0 unspecified atom stereocenters. The number of rotatable bonds is 6. The molecule has 2 amide bonds. The van der Waals surface area contributed by atoms with E-state index in [-0.39, 0.29) is 6.03 Å². The van der Waals surface area contributed by atoms with Crippen molar-refractivity contribution in [3.05, 3.63) is 0 Å². The van der Waals surface area contributed by atoms with E-state index in [2.05, 4.69) is 22.6 Å². The number of likely N-dealkylation sites (N-methyl/N-ethyl adjacent to an activating group) is 1. The van der Waals surface area contributed by atoms with Crippen LogP contribution in [0.15, 0.2) is 0 Å². The van der Waals surface area contributed by atoms with Gasteiger partial charge in [0, 0.05) is 25.7 Å². The Bertz CT molecular complexity index is 310. The normalized spacial score (nSPS) is 22.4. The number of nitrogens with one attached hydrogen (secondary N) is 2. The molecule has 0 heterocycles. The molecule has 2 aliphatic rings. The molecular formula is C15H29N3O2. The van der Waals surface area contributed by atoms with Crippen LogP contribution in [0.1, 0.15) is 51.4 Å². The number of hydrogen-bond donors (Lipinski definition) is 3. The molecule has 0 bridgehead atoms. The van der Waals surface area contributed by atoms with Crippen LogP contribution in [0.3, 0.4) is 0 Å². The molecular weight excluding hydrogens is 254 g/mol. The summed E-state index contributed by atoms with van der Waals surface area (Å²) in [5.41, 5.74) is -0.669. The molecule has 0 aliphatic heterocycles. The fraction of sp³-hybridized carbons (Fsp3) is 0.933. The summed E-state index contributed by atoms with van der Waals surface area (Å²) in [6.45, 7) is 1.93. The molecule has 0 atom stereocenters. The van der Waals surface area contributed by atoms with Crippen molar-refractivity contribution in [2.75, 3.05) is 26.7 Å². The van der Waals surface area contributed by atoms with Crippen molar-refractivity contribution < 1.29 is 9.90 Å². The predicted molar refractivity (Wildman–Crippen MR) is 79.7 cm³/mol. The van der Waals surface area contributed by atoms with Crippen LogP contribution in [0.25, 0.3) is 0 Å². The van der Waals surface area contributed by atoms with E-state index < -0.39 is 5.60 Å². The second-order valence-electron chi connectivity index (χ2n) is 6.46. The Morgan fingerprint density at radius 2 is 1.85 bits per heavy atom. The van der Waals surface area contributed by atoms with Crippen LogP contribution in [0.4, 0.5) is 4.79 Å². The zero-order valence-corrected chi connectivity index (χ0v) is 12.7. The van der Waals surface area contributed by atoms with E-state index in [9.17, 15) is 9.90 Å². The summed E-state index contributed by atoms with van der Waals surface area (Å²) >= 11 is 0. The first-order valence-corrected chi connectivity index (χ1v) is 8.03. The quantitative estimate of drug-likeness (QED) is 0.691. The van der Waals surface area contributed by atoms with Crippen molar-refractivity contribution in [2.45, 2.75) is 63.0 Å². The molecule has 116 valence electrons. The molecule has 2 rings (SSSR count). The predicted octanol–water partition coefficient (Wildman–Crippen LogP) is 1.47. The van der Waals surface area contributed by atoms with E-state index >= 15 is 0 Å². The summed E-state index contributed by atoms with van der Waals surface area (Å²) in [4.78, 5) is 14.0. The van der Waals surface area contributed by atoms with Crippen molar-refractivity contribution in [1.29, 1.82) is 0 Å². The first-order chi connectivity index (χ1) is 9.59. The third-order valence-corrected chi connectivity index (χ3v) is 4.81. The molecule has 2 aliphatic carbocycles. The summed E-state index contributed by atoms with van der Waals surface area (Å²) in [5, 5.41) is 15.8. The summed E-state index contributed by atoms with van der Waals surface area (Å²) in [7, 11) is 2.14. The maximum Gasteiger partial charge on any atom is 0.314 e. The fourth-order valence-electron chi connectivity index (χ4n) is 3.39. The monoisotopic (exact) mass is 283 g/mol. The summed E-state index contributed by atoms with van der Waals surface area (Å²) in [5.74, 6) is 0. The van der Waals surface area contributed by atoms with Gasteiger partial charge < -0.3 is 20.6 Å². The smallest absolute Gasteiger partial charge is 0.314 e. The van der Waals surface area contributed by atoms with Gasteiger partial charge >= 0.3 is 6.03 Å². The van der Waals surface area contributed by atoms with Gasteiger partial charge in [0.05, 0.1) is 5.60 Å². The first-order valence-electron chi connectivity index (χ1n) is 8.03. The van der Waals surface area contributed by atoms with Gasteiger partial charge in [-0.05, 0) is 32.7 Å². The lowest BCUT2D eigenvalue weighted by molar-refractivity contribution is 0.0501. The zero-order valence-electron chi connectivity index (χ0n) is 12.7. The lowest BCUT2D eigenvalue weighted by Gasteiger charge is -2.25. The van der Waals surface area contributed by atoms with Gasteiger partial charge in [0.25, 0.3) is 0 Å². The van der Waals surface area contributed by atoms with E-state index in [1.807, 2.05) is 0 Å². The molecule has 0 spiro atoms. The second kappa shape index (κ2) is 7.27. The van der Waals surface area contributed by atoms with Crippen molar-refractivity contribution in [3.63, 3.8) is 0 Å². The van der Waals surface area contributed by atoms with E-state index in [4.69, 9.17) is 0 Å². The average Bonchev–Trinajstić information content (AvgIpc) is 3.08. The number of nitrogens with zero attached hydrogens (tertiary/aromatic N) is 1. The Kier molecular flexibility index (Phi) is 5.66. The Morgan fingerprint density at radius 1 is 1.20 bits per heavy atom.